The average Bonchev–Trinajstić information content (AvgIpc) is 2.88. The molecule has 3 aromatic rings. The van der Waals surface area contributed by atoms with Crippen molar-refractivity contribution in [2.24, 2.45) is 0 Å². The molecule has 0 amide bonds. The summed E-state index contributed by atoms with van der Waals surface area (Å²) in [5, 5.41) is 0. The first-order chi connectivity index (χ1) is 9.76. The van der Waals surface area contributed by atoms with Crippen LogP contribution in [0.3, 0.4) is 0 Å². The van der Waals surface area contributed by atoms with Crippen LogP contribution in [0.4, 0.5) is 0 Å². The van der Waals surface area contributed by atoms with E-state index in [9.17, 15) is 0 Å². The number of ether oxygens (including phenoxy) is 1. The number of thioether (sulfide) groups is 1. The number of para-hydroxylation sites is 1. The third-order valence-corrected chi connectivity index (χ3v) is 5.59. The number of nitrogens with zero attached hydrogens (tertiary/aromatic N) is 1. The van der Waals surface area contributed by atoms with Crippen molar-refractivity contribution in [2.45, 2.75) is 10.1 Å². The van der Waals surface area contributed by atoms with Crippen LogP contribution >= 0.6 is 39.0 Å². The fraction of sp³-hybridized carbons (Fsp3) is 0.133. The first-order valence-corrected chi connectivity index (χ1v) is 8.66. The Morgan fingerprint density at radius 3 is 2.90 bits per heavy atom. The van der Waals surface area contributed by atoms with E-state index in [2.05, 4.69) is 39.1 Å². The van der Waals surface area contributed by atoms with E-state index in [1.165, 1.54) is 10.3 Å². The Morgan fingerprint density at radius 1 is 1.25 bits per heavy atom. The van der Waals surface area contributed by atoms with E-state index in [1.807, 2.05) is 24.3 Å². The minimum absolute atomic E-state index is 0.850. The average molecular weight is 366 g/mol. The van der Waals surface area contributed by atoms with Crippen molar-refractivity contribution in [3.63, 3.8) is 0 Å². The van der Waals surface area contributed by atoms with Crippen molar-refractivity contribution < 1.29 is 4.74 Å². The number of hydrogen-bond donors (Lipinski definition) is 0. The van der Waals surface area contributed by atoms with E-state index in [0.29, 0.717) is 0 Å². The van der Waals surface area contributed by atoms with Gasteiger partial charge in [-0.2, -0.15) is 0 Å². The summed E-state index contributed by atoms with van der Waals surface area (Å²) in [4.78, 5) is 4.63. The molecule has 2 aromatic carbocycles. The van der Waals surface area contributed by atoms with Gasteiger partial charge < -0.3 is 4.74 Å². The second-order valence-electron chi connectivity index (χ2n) is 4.19. The Bertz CT molecular complexity index is 709. The monoisotopic (exact) mass is 365 g/mol. The van der Waals surface area contributed by atoms with Crippen LogP contribution in [0.25, 0.3) is 10.2 Å². The first kappa shape index (κ1) is 13.9. The Labute approximate surface area is 134 Å². The van der Waals surface area contributed by atoms with Gasteiger partial charge >= 0.3 is 0 Å². The second-order valence-corrected chi connectivity index (χ2v) is 7.36. The summed E-state index contributed by atoms with van der Waals surface area (Å²) in [5.41, 5.74) is 2.24. The number of hydrogen-bond acceptors (Lipinski definition) is 4. The molecule has 0 spiro atoms. The molecule has 3 rings (SSSR count). The number of aromatic nitrogens is 1. The zero-order valence-electron chi connectivity index (χ0n) is 10.8. The molecule has 1 heterocycles. The molecule has 0 saturated heterocycles. The molecule has 1 aromatic heterocycles. The molecular weight excluding hydrogens is 354 g/mol. The predicted octanol–water partition coefficient (Wildman–Crippen LogP) is 5.36. The molecule has 0 radical (unpaired) electrons. The molecule has 0 atom stereocenters. The highest BCUT2D eigenvalue weighted by molar-refractivity contribution is 9.10. The summed E-state index contributed by atoms with van der Waals surface area (Å²) in [7, 11) is 1.70. The number of thiazole rings is 1. The van der Waals surface area contributed by atoms with Gasteiger partial charge in [0, 0.05) is 15.8 Å². The summed E-state index contributed by atoms with van der Waals surface area (Å²) < 4.78 is 8.79. The molecule has 0 aliphatic heterocycles. The number of halogens is 1. The van der Waals surface area contributed by atoms with Crippen LogP contribution in [0, 0.1) is 0 Å². The highest BCUT2D eigenvalue weighted by Crippen LogP contribution is 2.34. The molecule has 0 bridgehead atoms. The smallest absolute Gasteiger partial charge is 0.151 e. The number of methoxy groups -OCH3 is 1. The molecule has 20 heavy (non-hydrogen) atoms. The van der Waals surface area contributed by atoms with E-state index in [1.54, 1.807) is 30.2 Å². The third kappa shape index (κ3) is 3.00. The van der Waals surface area contributed by atoms with Crippen molar-refractivity contribution in [3.05, 3.63) is 52.5 Å². The van der Waals surface area contributed by atoms with Crippen molar-refractivity contribution in [1.29, 1.82) is 0 Å². The van der Waals surface area contributed by atoms with Gasteiger partial charge in [-0.3, -0.25) is 0 Å². The highest BCUT2D eigenvalue weighted by Gasteiger charge is 2.08. The Balaban J connectivity index is 1.80. The van der Waals surface area contributed by atoms with Crippen molar-refractivity contribution in [1.82, 2.24) is 4.98 Å². The Kier molecular flexibility index (Phi) is 4.29. The lowest BCUT2D eigenvalue weighted by molar-refractivity contribution is 0.411. The molecule has 0 unspecified atom stereocenters. The summed E-state index contributed by atoms with van der Waals surface area (Å²) >= 11 is 6.98. The summed E-state index contributed by atoms with van der Waals surface area (Å²) in [6.45, 7) is 0. The normalized spacial score (nSPS) is 10.9. The van der Waals surface area contributed by atoms with Gasteiger partial charge in [0.1, 0.15) is 5.75 Å². The van der Waals surface area contributed by atoms with Gasteiger partial charge in [0.05, 0.1) is 17.3 Å². The second kappa shape index (κ2) is 6.16. The summed E-state index contributed by atoms with van der Waals surface area (Å²) in [6, 6.07) is 14.3. The van der Waals surface area contributed by atoms with Gasteiger partial charge in [-0.05, 0) is 30.3 Å². The lowest BCUT2D eigenvalue weighted by atomic mass is 10.2. The SMILES string of the molecule is COc1ccc(Br)cc1CSc1nc2ccccc2s1. The predicted molar refractivity (Wildman–Crippen MR) is 89.9 cm³/mol. The van der Waals surface area contributed by atoms with E-state index in [0.717, 1.165) is 25.8 Å². The molecule has 0 saturated carbocycles. The van der Waals surface area contributed by atoms with Crippen LogP contribution < -0.4 is 4.74 Å². The molecule has 102 valence electrons. The zero-order chi connectivity index (χ0) is 13.9. The van der Waals surface area contributed by atoms with Gasteiger partial charge in [0.2, 0.25) is 0 Å². The highest BCUT2D eigenvalue weighted by atomic mass is 79.9. The summed E-state index contributed by atoms with van der Waals surface area (Å²) in [5.74, 6) is 1.77. The molecule has 0 aliphatic carbocycles. The van der Waals surface area contributed by atoms with E-state index >= 15 is 0 Å². The topological polar surface area (TPSA) is 22.1 Å². The number of benzene rings is 2. The van der Waals surface area contributed by atoms with Crippen LogP contribution in [0.2, 0.25) is 0 Å². The molecule has 0 N–H and O–H groups in total. The van der Waals surface area contributed by atoms with Crippen LogP contribution in [0.15, 0.2) is 51.3 Å². The van der Waals surface area contributed by atoms with Crippen molar-refractivity contribution in [3.8, 4) is 5.75 Å². The van der Waals surface area contributed by atoms with Crippen molar-refractivity contribution >= 4 is 49.2 Å². The van der Waals surface area contributed by atoms with E-state index in [4.69, 9.17) is 4.74 Å². The van der Waals surface area contributed by atoms with Crippen LogP contribution in [0.1, 0.15) is 5.56 Å². The molecule has 0 fully saturated rings. The third-order valence-electron chi connectivity index (χ3n) is 2.87. The lowest BCUT2D eigenvalue weighted by Crippen LogP contribution is -1.90. The lowest BCUT2D eigenvalue weighted by Gasteiger charge is -2.07. The fourth-order valence-corrected chi connectivity index (χ4v) is 4.37. The molecular formula is C15H12BrNOS2. The molecule has 2 nitrogen and oxygen atoms in total. The van der Waals surface area contributed by atoms with Crippen molar-refractivity contribution in [2.75, 3.05) is 7.11 Å². The van der Waals surface area contributed by atoms with Gasteiger partial charge in [0.25, 0.3) is 0 Å². The Hall–Kier alpha value is -1.04. The Morgan fingerprint density at radius 2 is 2.10 bits per heavy atom. The maximum atomic E-state index is 5.40. The van der Waals surface area contributed by atoms with Gasteiger partial charge in [-0.1, -0.05) is 39.8 Å². The maximum Gasteiger partial charge on any atom is 0.151 e. The first-order valence-electron chi connectivity index (χ1n) is 6.07. The van der Waals surface area contributed by atoms with Gasteiger partial charge in [-0.25, -0.2) is 4.98 Å². The van der Waals surface area contributed by atoms with Crippen LogP contribution in [-0.2, 0) is 5.75 Å². The number of fused-ring (bicyclic) bond motifs is 1. The van der Waals surface area contributed by atoms with E-state index < -0.39 is 0 Å². The maximum absolute atomic E-state index is 5.40. The quantitative estimate of drug-likeness (QED) is 0.581. The standard InChI is InChI=1S/C15H12BrNOS2/c1-18-13-7-6-11(16)8-10(13)9-19-15-17-12-4-2-3-5-14(12)20-15/h2-8H,9H2,1H3. The minimum Gasteiger partial charge on any atom is -0.496 e. The van der Waals surface area contributed by atoms with E-state index in [-0.39, 0.29) is 0 Å². The van der Waals surface area contributed by atoms with Crippen LogP contribution in [0.5, 0.6) is 5.75 Å². The summed E-state index contributed by atoms with van der Waals surface area (Å²) in [6.07, 6.45) is 0. The zero-order valence-corrected chi connectivity index (χ0v) is 14.0. The minimum atomic E-state index is 0.850. The fourth-order valence-electron chi connectivity index (χ4n) is 1.91. The van der Waals surface area contributed by atoms with Gasteiger partial charge in [-0.15, -0.1) is 11.3 Å². The van der Waals surface area contributed by atoms with Gasteiger partial charge in [0.15, 0.2) is 4.34 Å². The molecule has 0 aliphatic rings. The number of rotatable bonds is 4. The molecule has 5 heteroatoms. The van der Waals surface area contributed by atoms with Crippen LogP contribution in [-0.4, -0.2) is 12.1 Å². The largest absolute Gasteiger partial charge is 0.496 e.